The van der Waals surface area contributed by atoms with E-state index < -0.39 is 21.8 Å². The van der Waals surface area contributed by atoms with Gasteiger partial charge in [0.25, 0.3) is 21.8 Å². The zero-order valence-corrected chi connectivity index (χ0v) is 18.8. The molecule has 3 aromatic carbocycles. The van der Waals surface area contributed by atoms with Crippen molar-refractivity contribution in [1.29, 1.82) is 0 Å². The first kappa shape index (κ1) is 23.1. The summed E-state index contributed by atoms with van der Waals surface area (Å²) in [5, 5.41) is 0.0238. The van der Waals surface area contributed by atoms with Crippen molar-refractivity contribution in [3.8, 4) is 5.75 Å². The lowest BCUT2D eigenvalue weighted by Gasteiger charge is -2.12. The third kappa shape index (κ3) is 5.57. The fourth-order valence-electron chi connectivity index (χ4n) is 2.76. The monoisotopic (exact) mass is 473 g/mol. The number of amides is 2. The minimum Gasteiger partial charge on any atom is -0.497 e. The lowest BCUT2D eigenvalue weighted by Crippen LogP contribution is -2.41. The number of hydrogen-bond donors (Lipinski definition) is 3. The second kappa shape index (κ2) is 9.71. The predicted molar refractivity (Wildman–Crippen MR) is 121 cm³/mol. The minimum atomic E-state index is -3.97. The summed E-state index contributed by atoms with van der Waals surface area (Å²) in [6, 6.07) is 16.8. The quantitative estimate of drug-likeness (QED) is 0.474. The molecule has 2 amide bonds. The van der Waals surface area contributed by atoms with Crippen molar-refractivity contribution in [2.75, 3.05) is 11.8 Å². The Morgan fingerprint density at radius 2 is 1.59 bits per heavy atom. The molecular formula is C22H20ClN3O5S. The van der Waals surface area contributed by atoms with Gasteiger partial charge in [-0.05, 0) is 67.1 Å². The highest BCUT2D eigenvalue weighted by atomic mass is 35.5. The minimum absolute atomic E-state index is 0.0238. The Hall–Kier alpha value is -3.56. The molecule has 0 aliphatic rings. The van der Waals surface area contributed by atoms with Gasteiger partial charge in [-0.3, -0.25) is 25.2 Å². The van der Waals surface area contributed by atoms with Crippen molar-refractivity contribution in [2.45, 2.75) is 11.8 Å². The zero-order valence-electron chi connectivity index (χ0n) is 17.2. The molecule has 0 aromatic heterocycles. The first-order chi connectivity index (χ1) is 15.2. The van der Waals surface area contributed by atoms with E-state index in [0.29, 0.717) is 11.4 Å². The summed E-state index contributed by atoms with van der Waals surface area (Å²) >= 11 is 6.09. The van der Waals surface area contributed by atoms with Gasteiger partial charge in [-0.1, -0.05) is 23.7 Å². The number of ether oxygens (including phenoxy) is 1. The van der Waals surface area contributed by atoms with Crippen LogP contribution >= 0.6 is 11.6 Å². The molecule has 0 bridgehead atoms. The third-order valence-electron chi connectivity index (χ3n) is 4.40. The van der Waals surface area contributed by atoms with Crippen LogP contribution in [0, 0.1) is 6.92 Å². The summed E-state index contributed by atoms with van der Waals surface area (Å²) in [5.74, 6) is -0.763. The molecule has 10 heteroatoms. The molecule has 0 aliphatic carbocycles. The molecule has 0 saturated carbocycles. The number of aryl methyl sites for hydroxylation is 1. The molecular weight excluding hydrogens is 454 g/mol. The highest BCUT2D eigenvalue weighted by molar-refractivity contribution is 7.92. The SMILES string of the molecule is COc1ccc(C(=O)NNC(=O)c2cc(S(=O)(=O)Nc3cccc(C)c3)ccc2Cl)cc1. The van der Waals surface area contributed by atoms with Crippen LogP contribution in [0.3, 0.4) is 0 Å². The Balaban J connectivity index is 1.74. The Kier molecular flexibility index (Phi) is 7.01. The molecule has 0 unspecified atom stereocenters. The summed E-state index contributed by atoms with van der Waals surface area (Å²) < 4.78 is 33.0. The van der Waals surface area contributed by atoms with Crippen LogP contribution in [0.1, 0.15) is 26.3 Å². The Bertz CT molecular complexity index is 1260. The van der Waals surface area contributed by atoms with Gasteiger partial charge in [0.05, 0.1) is 22.6 Å². The van der Waals surface area contributed by atoms with E-state index in [9.17, 15) is 18.0 Å². The van der Waals surface area contributed by atoms with Crippen LogP contribution in [0.4, 0.5) is 5.69 Å². The average Bonchev–Trinajstić information content (AvgIpc) is 2.77. The van der Waals surface area contributed by atoms with Crippen molar-refractivity contribution in [1.82, 2.24) is 10.9 Å². The normalized spacial score (nSPS) is 10.8. The predicted octanol–water partition coefficient (Wildman–Crippen LogP) is 3.53. The standard InChI is InChI=1S/C22H20ClN3O5S/c1-14-4-3-5-16(12-14)26-32(29,30)18-10-11-20(23)19(13-18)22(28)25-24-21(27)15-6-8-17(31-2)9-7-15/h3-13,26H,1-2H3,(H,24,27)(H,25,28). The molecule has 0 fully saturated rings. The lowest BCUT2D eigenvalue weighted by molar-refractivity contribution is 0.0846. The Labute approximate surface area is 190 Å². The molecule has 32 heavy (non-hydrogen) atoms. The molecule has 0 radical (unpaired) electrons. The van der Waals surface area contributed by atoms with Gasteiger partial charge in [-0.15, -0.1) is 0 Å². The molecule has 166 valence electrons. The number of methoxy groups -OCH3 is 1. The number of anilines is 1. The Morgan fingerprint density at radius 3 is 2.25 bits per heavy atom. The van der Waals surface area contributed by atoms with Crippen LogP contribution in [0.15, 0.2) is 71.6 Å². The van der Waals surface area contributed by atoms with Crippen LogP contribution < -0.4 is 20.3 Å². The van der Waals surface area contributed by atoms with Gasteiger partial charge in [0.2, 0.25) is 0 Å². The maximum atomic E-state index is 12.7. The van der Waals surface area contributed by atoms with Crippen LogP contribution in [-0.2, 0) is 10.0 Å². The maximum Gasteiger partial charge on any atom is 0.271 e. The molecule has 0 heterocycles. The van der Waals surface area contributed by atoms with E-state index in [1.807, 2.05) is 13.0 Å². The van der Waals surface area contributed by atoms with E-state index in [-0.39, 0.29) is 21.0 Å². The molecule has 3 N–H and O–H groups in total. The fourth-order valence-corrected chi connectivity index (χ4v) is 4.04. The molecule has 0 saturated heterocycles. The topological polar surface area (TPSA) is 114 Å². The first-order valence-electron chi connectivity index (χ1n) is 9.33. The number of halogens is 1. The molecule has 8 nitrogen and oxygen atoms in total. The first-order valence-corrected chi connectivity index (χ1v) is 11.2. The summed E-state index contributed by atoms with van der Waals surface area (Å²) in [7, 11) is -2.47. The molecule has 3 rings (SSSR count). The number of sulfonamides is 1. The number of hydrazine groups is 1. The zero-order chi connectivity index (χ0) is 23.3. The number of nitrogens with one attached hydrogen (secondary N) is 3. The van der Waals surface area contributed by atoms with Crippen molar-refractivity contribution < 1.29 is 22.7 Å². The highest BCUT2D eigenvalue weighted by Crippen LogP contribution is 2.23. The van der Waals surface area contributed by atoms with Crippen LogP contribution in [0.25, 0.3) is 0 Å². The maximum absolute atomic E-state index is 12.7. The number of carbonyl (C=O) groups excluding carboxylic acids is 2. The second-order valence-corrected chi connectivity index (χ2v) is 8.84. The van der Waals surface area contributed by atoms with Gasteiger partial charge in [-0.2, -0.15) is 0 Å². The number of benzene rings is 3. The number of hydrogen-bond acceptors (Lipinski definition) is 5. The summed E-state index contributed by atoms with van der Waals surface area (Å²) in [5.41, 5.74) is 5.94. The van der Waals surface area contributed by atoms with E-state index >= 15 is 0 Å². The van der Waals surface area contributed by atoms with Crippen molar-refractivity contribution in [3.63, 3.8) is 0 Å². The smallest absolute Gasteiger partial charge is 0.271 e. The largest absolute Gasteiger partial charge is 0.497 e. The van der Waals surface area contributed by atoms with Crippen molar-refractivity contribution in [3.05, 3.63) is 88.4 Å². The average molecular weight is 474 g/mol. The third-order valence-corrected chi connectivity index (χ3v) is 6.11. The van der Waals surface area contributed by atoms with E-state index in [2.05, 4.69) is 15.6 Å². The number of rotatable bonds is 6. The van der Waals surface area contributed by atoms with Crippen molar-refractivity contribution in [2.24, 2.45) is 0 Å². The lowest BCUT2D eigenvalue weighted by atomic mass is 10.2. The van der Waals surface area contributed by atoms with Gasteiger partial charge >= 0.3 is 0 Å². The summed E-state index contributed by atoms with van der Waals surface area (Å²) in [4.78, 5) is 24.6. The van der Waals surface area contributed by atoms with Crippen LogP contribution in [0.2, 0.25) is 5.02 Å². The fraction of sp³-hybridized carbons (Fsp3) is 0.0909. The Morgan fingerprint density at radius 1 is 0.906 bits per heavy atom. The van der Waals surface area contributed by atoms with E-state index in [0.717, 1.165) is 11.6 Å². The van der Waals surface area contributed by atoms with Crippen LogP contribution in [-0.4, -0.2) is 27.3 Å². The van der Waals surface area contributed by atoms with E-state index in [1.54, 1.807) is 30.3 Å². The summed E-state index contributed by atoms with van der Waals surface area (Å²) in [6.07, 6.45) is 0. The van der Waals surface area contributed by atoms with E-state index in [1.165, 1.54) is 31.4 Å². The second-order valence-electron chi connectivity index (χ2n) is 6.75. The van der Waals surface area contributed by atoms with Gasteiger partial charge < -0.3 is 4.74 Å². The van der Waals surface area contributed by atoms with Gasteiger partial charge in [0.1, 0.15) is 5.75 Å². The molecule has 3 aromatic rings. The van der Waals surface area contributed by atoms with Crippen LogP contribution in [0.5, 0.6) is 5.75 Å². The summed E-state index contributed by atoms with van der Waals surface area (Å²) in [6.45, 7) is 1.84. The number of carbonyl (C=O) groups is 2. The highest BCUT2D eigenvalue weighted by Gasteiger charge is 2.19. The molecule has 0 spiro atoms. The molecule has 0 aliphatic heterocycles. The van der Waals surface area contributed by atoms with Gasteiger partial charge in [0.15, 0.2) is 0 Å². The molecule has 0 atom stereocenters. The van der Waals surface area contributed by atoms with Crippen molar-refractivity contribution >= 4 is 39.1 Å². The van der Waals surface area contributed by atoms with Gasteiger partial charge in [-0.25, -0.2) is 8.42 Å². The van der Waals surface area contributed by atoms with Gasteiger partial charge in [0, 0.05) is 11.3 Å². The van der Waals surface area contributed by atoms with E-state index in [4.69, 9.17) is 16.3 Å².